The number of nitrogens with zero attached hydrogens (tertiary/aromatic N) is 3. The number of alkyl halides is 3. The highest BCUT2D eigenvalue weighted by molar-refractivity contribution is 5.81. The lowest BCUT2D eigenvalue weighted by atomic mass is 10.1. The lowest BCUT2D eigenvalue weighted by molar-refractivity contribution is -0.783. The van der Waals surface area contributed by atoms with E-state index in [0.717, 1.165) is 4.57 Å². The molecule has 0 bridgehead atoms. The third-order valence-corrected chi connectivity index (χ3v) is 4.50. The molecule has 3 atom stereocenters. The zero-order valence-corrected chi connectivity index (χ0v) is 15.5. The molecule has 0 radical (unpaired) electrons. The summed E-state index contributed by atoms with van der Waals surface area (Å²) >= 11 is 0. The maximum atomic E-state index is 12.4. The average molecular weight is 431 g/mol. The fraction of sp³-hybridized carbons (Fsp3) is 0.500. The summed E-state index contributed by atoms with van der Waals surface area (Å²) in [7, 11) is 0. The van der Waals surface area contributed by atoms with Gasteiger partial charge in [-0.1, -0.05) is 4.98 Å². The summed E-state index contributed by atoms with van der Waals surface area (Å²) in [6.45, 7) is 0.522. The highest BCUT2D eigenvalue weighted by Crippen LogP contribution is 2.31. The lowest BCUT2D eigenvalue weighted by Crippen LogP contribution is -2.54. The molecular formula is C16H18F3N6O5+. The van der Waals surface area contributed by atoms with E-state index < -0.39 is 48.7 Å². The molecule has 1 aliphatic rings. The number of H-pyrrole nitrogens is 1. The zero-order valence-electron chi connectivity index (χ0n) is 15.5. The van der Waals surface area contributed by atoms with Crippen LogP contribution >= 0.6 is 0 Å². The van der Waals surface area contributed by atoms with Crippen molar-refractivity contribution in [3.05, 3.63) is 16.7 Å². The number of ether oxygens (including phenoxy) is 1. The number of imidazole rings is 1. The molecule has 3 heterocycles. The Morgan fingerprint density at radius 2 is 2.30 bits per heavy atom. The van der Waals surface area contributed by atoms with E-state index in [2.05, 4.69) is 21.9 Å². The number of rotatable bonds is 3. The molecular weight excluding hydrogens is 413 g/mol. The number of hydrogen-bond acceptors (Lipinski definition) is 7. The number of nitrogens with two attached hydrogens (primary N) is 1. The molecule has 0 saturated carbocycles. The van der Waals surface area contributed by atoms with Gasteiger partial charge in [0, 0.05) is 6.42 Å². The molecule has 0 unspecified atom stereocenters. The van der Waals surface area contributed by atoms with Crippen LogP contribution in [0.25, 0.3) is 11.2 Å². The Morgan fingerprint density at radius 1 is 1.60 bits per heavy atom. The minimum Gasteiger partial charge on any atom is -0.394 e. The van der Waals surface area contributed by atoms with Crippen molar-refractivity contribution < 1.29 is 37.5 Å². The van der Waals surface area contributed by atoms with E-state index in [0.29, 0.717) is 0 Å². The molecule has 1 aliphatic heterocycles. The third-order valence-electron chi connectivity index (χ3n) is 4.50. The summed E-state index contributed by atoms with van der Waals surface area (Å²) in [6.07, 6.45) is -5.55. The van der Waals surface area contributed by atoms with Crippen LogP contribution in [0.5, 0.6) is 0 Å². The van der Waals surface area contributed by atoms with Crippen LogP contribution in [0.3, 0.4) is 0 Å². The van der Waals surface area contributed by atoms with Crippen molar-refractivity contribution in [2.24, 2.45) is 0 Å². The monoisotopic (exact) mass is 431 g/mol. The van der Waals surface area contributed by atoms with Crippen LogP contribution < -0.4 is 21.2 Å². The molecule has 1 amide bonds. The van der Waals surface area contributed by atoms with Gasteiger partial charge >= 0.3 is 17.7 Å². The van der Waals surface area contributed by atoms with Gasteiger partial charge in [-0.15, -0.1) is 0 Å². The summed E-state index contributed by atoms with van der Waals surface area (Å²) < 4.78 is 44.9. The van der Waals surface area contributed by atoms with E-state index >= 15 is 0 Å². The number of aromatic amines is 1. The second-order valence-electron chi connectivity index (χ2n) is 6.73. The van der Waals surface area contributed by atoms with Gasteiger partial charge in [-0.25, -0.2) is 4.57 Å². The summed E-state index contributed by atoms with van der Waals surface area (Å²) in [4.78, 5) is 29.6. The van der Waals surface area contributed by atoms with Crippen molar-refractivity contribution in [1.82, 2.24) is 19.9 Å². The molecule has 1 saturated heterocycles. The van der Waals surface area contributed by atoms with Crippen LogP contribution in [0.2, 0.25) is 0 Å². The second-order valence-corrected chi connectivity index (χ2v) is 6.73. The number of amides is 1. The summed E-state index contributed by atoms with van der Waals surface area (Å²) in [5.74, 6) is -0.0399. The third kappa shape index (κ3) is 3.95. The zero-order chi connectivity index (χ0) is 22.3. The number of fused-ring (bicyclic) bond motifs is 1. The molecule has 162 valence electrons. The Labute approximate surface area is 166 Å². The van der Waals surface area contributed by atoms with Gasteiger partial charge < -0.3 is 26.0 Å². The number of halogens is 3. The maximum absolute atomic E-state index is 12.4. The number of carbonyl (C=O) groups excluding carboxylic acids is 1. The standard InChI is InChI=1S/C16H17F3N6O5/c1-15(5-8(27)9(6-26)30-15)25-7-24(4-2-3-21-13(29)16(17,18)19)10-11(25)22-14(20)23-12(10)28/h7-9,26-27H,3,5-6H2,1H3,(H3-,20,21,22,23,28,29)/p+1/t8-,9+,15+/m0/s1. The van der Waals surface area contributed by atoms with Gasteiger partial charge in [-0.05, 0) is 12.8 Å². The van der Waals surface area contributed by atoms with Gasteiger partial charge in [0.2, 0.25) is 6.33 Å². The molecule has 3 rings (SSSR count). The molecule has 2 aromatic heterocycles. The van der Waals surface area contributed by atoms with Crippen LogP contribution in [-0.4, -0.2) is 62.2 Å². The van der Waals surface area contributed by atoms with Crippen molar-refractivity contribution in [1.29, 1.82) is 0 Å². The Morgan fingerprint density at radius 3 is 2.90 bits per heavy atom. The average Bonchev–Trinajstić information content (AvgIpc) is 3.15. The minimum absolute atomic E-state index is 0.0400. The molecule has 2 aromatic rings. The number of carbonyl (C=O) groups is 1. The van der Waals surface area contributed by atoms with Gasteiger partial charge in [0.05, 0.1) is 25.3 Å². The Hall–Kier alpha value is -3.15. The van der Waals surface area contributed by atoms with E-state index in [1.54, 1.807) is 12.2 Å². The van der Waals surface area contributed by atoms with Gasteiger partial charge in [0.15, 0.2) is 5.72 Å². The highest BCUT2D eigenvalue weighted by atomic mass is 19.4. The lowest BCUT2D eigenvalue weighted by Gasteiger charge is -2.21. The quantitative estimate of drug-likeness (QED) is 0.275. The largest absolute Gasteiger partial charge is 0.471 e. The van der Waals surface area contributed by atoms with Crippen LogP contribution in [0.4, 0.5) is 19.1 Å². The predicted octanol–water partition coefficient (Wildman–Crippen LogP) is -2.10. The molecule has 0 spiro atoms. The molecule has 11 nitrogen and oxygen atoms in total. The molecule has 14 heteroatoms. The summed E-state index contributed by atoms with van der Waals surface area (Å²) in [5, 5.41) is 21.0. The first-order chi connectivity index (χ1) is 14.0. The van der Waals surface area contributed by atoms with Gasteiger partial charge in [-0.3, -0.25) is 14.6 Å². The number of nitrogens with one attached hydrogen (secondary N) is 2. The fourth-order valence-corrected chi connectivity index (χ4v) is 3.15. The normalized spacial score (nSPS) is 23.9. The molecule has 1 fully saturated rings. The first-order valence-electron chi connectivity index (χ1n) is 8.60. The van der Waals surface area contributed by atoms with E-state index in [9.17, 15) is 33.0 Å². The first kappa shape index (κ1) is 21.6. The van der Waals surface area contributed by atoms with Gasteiger partial charge in [0.1, 0.15) is 6.10 Å². The van der Waals surface area contributed by atoms with Gasteiger partial charge in [0.25, 0.3) is 17.0 Å². The molecule has 30 heavy (non-hydrogen) atoms. The van der Waals surface area contributed by atoms with Crippen molar-refractivity contribution >= 4 is 23.0 Å². The first-order valence-corrected chi connectivity index (χ1v) is 8.60. The van der Waals surface area contributed by atoms with Crippen molar-refractivity contribution in [3.8, 4) is 12.0 Å². The minimum atomic E-state index is -5.04. The maximum Gasteiger partial charge on any atom is 0.471 e. The van der Waals surface area contributed by atoms with Crippen LogP contribution in [0, 0.1) is 12.0 Å². The van der Waals surface area contributed by atoms with E-state index in [1.807, 2.05) is 0 Å². The SMILES string of the molecule is C[C@]1([n+]2cn(C#CCNC(=O)C(F)(F)F)c3c(=O)[nH]c(N)nc32)C[C@H](O)[C@@H](CO)O1. The van der Waals surface area contributed by atoms with Crippen molar-refractivity contribution in [2.45, 2.75) is 37.5 Å². The van der Waals surface area contributed by atoms with Crippen molar-refractivity contribution in [3.63, 3.8) is 0 Å². The summed E-state index contributed by atoms with van der Waals surface area (Å²) in [6, 6.07) is 2.45. The number of aliphatic hydroxyl groups excluding tert-OH is 2. The molecule has 0 aromatic carbocycles. The number of anilines is 1. The van der Waals surface area contributed by atoms with E-state index in [-0.39, 0.29) is 23.5 Å². The number of nitrogen functional groups attached to an aromatic ring is 1. The van der Waals surface area contributed by atoms with Crippen LogP contribution in [0.15, 0.2) is 11.1 Å². The fourth-order valence-electron chi connectivity index (χ4n) is 3.15. The van der Waals surface area contributed by atoms with E-state index in [1.165, 1.54) is 10.9 Å². The Kier molecular flexibility index (Phi) is 5.46. The highest BCUT2D eigenvalue weighted by Gasteiger charge is 2.48. The van der Waals surface area contributed by atoms with Gasteiger partial charge in [-0.2, -0.15) is 17.7 Å². The smallest absolute Gasteiger partial charge is 0.394 e. The topological polar surface area (TPSA) is 159 Å². The van der Waals surface area contributed by atoms with Crippen LogP contribution in [0.1, 0.15) is 13.3 Å². The van der Waals surface area contributed by atoms with Crippen molar-refractivity contribution in [2.75, 3.05) is 18.9 Å². The molecule has 6 N–H and O–H groups in total. The summed E-state index contributed by atoms with van der Waals surface area (Å²) in [5.41, 5.74) is 3.67. The van der Waals surface area contributed by atoms with Crippen LogP contribution in [-0.2, 0) is 15.3 Å². The Balaban J connectivity index is 2.01. The number of hydrogen-bond donors (Lipinski definition) is 5. The number of aromatic nitrogens is 4. The Bertz CT molecular complexity index is 1100. The second kappa shape index (κ2) is 7.59. The molecule has 0 aliphatic carbocycles. The predicted molar refractivity (Wildman–Crippen MR) is 93.4 cm³/mol. The van der Waals surface area contributed by atoms with E-state index in [4.69, 9.17) is 10.5 Å². The number of aliphatic hydroxyl groups is 2.